The van der Waals surface area contributed by atoms with Gasteiger partial charge in [-0.05, 0) is 43.3 Å². The highest BCUT2D eigenvalue weighted by atomic mass is 32.1. The van der Waals surface area contributed by atoms with Crippen LogP contribution >= 0.6 is 12.6 Å². The Morgan fingerprint density at radius 2 is 2.35 bits per heavy atom. The van der Waals surface area contributed by atoms with Gasteiger partial charge in [0.1, 0.15) is 0 Å². The van der Waals surface area contributed by atoms with E-state index in [0.717, 1.165) is 24.7 Å². The van der Waals surface area contributed by atoms with Gasteiger partial charge in [0.25, 0.3) is 0 Å². The van der Waals surface area contributed by atoms with Gasteiger partial charge in [0, 0.05) is 12.0 Å². The highest BCUT2D eigenvalue weighted by Gasteiger charge is 2.59. The molecule has 3 fully saturated rings. The van der Waals surface area contributed by atoms with Crippen LogP contribution < -0.4 is 0 Å². The summed E-state index contributed by atoms with van der Waals surface area (Å²) in [5.41, 5.74) is 0.131. The average molecular weight is 256 g/mol. The molecule has 2 aliphatic carbocycles. The van der Waals surface area contributed by atoms with Crippen LogP contribution in [0.1, 0.15) is 32.1 Å². The van der Waals surface area contributed by atoms with Crippen LogP contribution in [0.5, 0.6) is 0 Å². The monoisotopic (exact) mass is 256 g/mol. The zero-order valence-electron chi connectivity index (χ0n) is 10.1. The minimum Gasteiger partial charge on any atom is -0.465 e. The van der Waals surface area contributed by atoms with Gasteiger partial charge in [0.2, 0.25) is 0 Å². The molecule has 2 saturated carbocycles. The van der Waals surface area contributed by atoms with Crippen molar-refractivity contribution in [3.8, 4) is 0 Å². The number of ether oxygens (including phenoxy) is 2. The predicted octanol–water partition coefficient (Wildman–Crippen LogP) is 2.05. The fourth-order valence-electron chi connectivity index (χ4n) is 4.10. The maximum absolute atomic E-state index is 11.4. The summed E-state index contributed by atoms with van der Waals surface area (Å²) in [6.45, 7) is 1.45. The lowest BCUT2D eigenvalue weighted by Crippen LogP contribution is -2.38. The molecule has 96 valence electrons. The van der Waals surface area contributed by atoms with E-state index in [1.165, 1.54) is 19.3 Å². The zero-order valence-corrected chi connectivity index (χ0v) is 11.0. The Hall–Kier alpha value is -0.220. The average Bonchev–Trinajstić information content (AvgIpc) is 2.94. The van der Waals surface area contributed by atoms with Gasteiger partial charge in [0.15, 0.2) is 0 Å². The number of hydrogen-bond acceptors (Lipinski definition) is 4. The predicted molar refractivity (Wildman–Crippen MR) is 67.1 cm³/mol. The van der Waals surface area contributed by atoms with E-state index in [4.69, 9.17) is 9.47 Å². The molecule has 4 unspecified atom stereocenters. The molecule has 0 aromatic rings. The molecule has 17 heavy (non-hydrogen) atoms. The molecule has 1 aliphatic heterocycles. The van der Waals surface area contributed by atoms with Crippen molar-refractivity contribution in [3.05, 3.63) is 0 Å². The van der Waals surface area contributed by atoms with Gasteiger partial charge in [-0.25, -0.2) is 0 Å². The smallest absolute Gasteiger partial charge is 0.306 e. The van der Waals surface area contributed by atoms with Crippen molar-refractivity contribution in [3.63, 3.8) is 0 Å². The quantitative estimate of drug-likeness (QED) is 0.475. The van der Waals surface area contributed by atoms with Crippen molar-refractivity contribution in [2.45, 2.75) is 38.2 Å². The molecule has 4 heteroatoms. The van der Waals surface area contributed by atoms with Crippen molar-refractivity contribution < 1.29 is 14.3 Å². The highest BCUT2D eigenvalue weighted by molar-refractivity contribution is 7.80. The van der Waals surface area contributed by atoms with Crippen LogP contribution in [0.4, 0.5) is 0 Å². The maximum atomic E-state index is 11.4. The van der Waals surface area contributed by atoms with E-state index >= 15 is 0 Å². The summed E-state index contributed by atoms with van der Waals surface area (Å²) in [6.07, 6.45) is 5.61. The molecule has 0 amide bonds. The second-order valence-electron chi connectivity index (χ2n) is 5.83. The Labute approximate surface area is 108 Å². The van der Waals surface area contributed by atoms with Gasteiger partial charge in [-0.2, -0.15) is 12.6 Å². The van der Waals surface area contributed by atoms with Gasteiger partial charge in [0.05, 0.1) is 19.1 Å². The van der Waals surface area contributed by atoms with Gasteiger partial charge in [-0.15, -0.1) is 0 Å². The topological polar surface area (TPSA) is 35.5 Å². The third-order valence-electron chi connectivity index (χ3n) is 4.73. The van der Waals surface area contributed by atoms with Gasteiger partial charge in [-0.3, -0.25) is 4.79 Å². The van der Waals surface area contributed by atoms with E-state index in [0.29, 0.717) is 25.0 Å². The molecule has 0 N–H and O–H groups in total. The lowest BCUT2D eigenvalue weighted by molar-refractivity contribution is -0.137. The second-order valence-corrected chi connectivity index (χ2v) is 6.28. The molecule has 1 heterocycles. The first-order valence-electron chi connectivity index (χ1n) is 6.61. The minimum absolute atomic E-state index is 0.00772. The first-order chi connectivity index (χ1) is 8.23. The molecule has 0 aromatic heterocycles. The number of esters is 1. The van der Waals surface area contributed by atoms with E-state index in [-0.39, 0.29) is 11.4 Å². The molecule has 3 rings (SSSR count). The summed E-state index contributed by atoms with van der Waals surface area (Å²) in [6, 6.07) is 0. The van der Waals surface area contributed by atoms with E-state index in [1.807, 2.05) is 0 Å². The van der Waals surface area contributed by atoms with Gasteiger partial charge >= 0.3 is 5.97 Å². The number of carbonyl (C=O) groups is 1. The molecule has 4 atom stereocenters. The SMILES string of the molecule is O=C1CC2(CO1)CC1CC(OCCCS)C2C1. The van der Waals surface area contributed by atoms with Crippen molar-refractivity contribution in [2.75, 3.05) is 19.0 Å². The van der Waals surface area contributed by atoms with Crippen LogP contribution in [0, 0.1) is 17.3 Å². The standard InChI is InChI=1S/C13H20O3S/c14-12-7-13(8-16-12)6-9-4-10(13)11(5-9)15-2-1-3-17/h9-11,17H,1-8H2. The van der Waals surface area contributed by atoms with Crippen molar-refractivity contribution >= 4 is 18.6 Å². The molecular formula is C13H20O3S. The second kappa shape index (κ2) is 4.47. The molecule has 0 radical (unpaired) electrons. The number of thiol groups is 1. The van der Waals surface area contributed by atoms with Gasteiger partial charge < -0.3 is 9.47 Å². The first kappa shape index (κ1) is 11.8. The van der Waals surface area contributed by atoms with Crippen LogP contribution in [-0.4, -0.2) is 31.0 Å². The zero-order chi connectivity index (χ0) is 11.9. The van der Waals surface area contributed by atoms with Crippen molar-refractivity contribution in [1.29, 1.82) is 0 Å². The number of hydrogen-bond donors (Lipinski definition) is 1. The lowest BCUT2D eigenvalue weighted by Gasteiger charge is -2.36. The molecule has 1 spiro atoms. The molecule has 3 nitrogen and oxygen atoms in total. The summed E-state index contributed by atoms with van der Waals surface area (Å²) in [7, 11) is 0. The van der Waals surface area contributed by atoms with E-state index in [9.17, 15) is 4.79 Å². The minimum atomic E-state index is -0.00772. The molecular weight excluding hydrogens is 236 g/mol. The van der Waals surface area contributed by atoms with Crippen LogP contribution in [0.15, 0.2) is 0 Å². The third-order valence-corrected chi connectivity index (χ3v) is 5.05. The number of rotatable bonds is 4. The van der Waals surface area contributed by atoms with Crippen molar-refractivity contribution in [2.24, 2.45) is 17.3 Å². The number of cyclic esters (lactones) is 1. The summed E-state index contributed by atoms with van der Waals surface area (Å²) in [4.78, 5) is 11.4. The Bertz CT molecular complexity index is 320. The van der Waals surface area contributed by atoms with Crippen LogP contribution in [-0.2, 0) is 14.3 Å². The molecule has 0 aromatic carbocycles. The Kier molecular flexibility index (Phi) is 3.11. The van der Waals surface area contributed by atoms with E-state index in [1.54, 1.807) is 0 Å². The third kappa shape index (κ3) is 1.99. The highest BCUT2D eigenvalue weighted by Crippen LogP contribution is 2.60. The Balaban J connectivity index is 1.64. The van der Waals surface area contributed by atoms with E-state index in [2.05, 4.69) is 12.6 Å². The van der Waals surface area contributed by atoms with Gasteiger partial charge in [-0.1, -0.05) is 0 Å². The first-order valence-corrected chi connectivity index (χ1v) is 7.25. The summed E-state index contributed by atoms with van der Waals surface area (Å²) in [5, 5.41) is 0. The molecule has 2 bridgehead atoms. The lowest BCUT2D eigenvalue weighted by atomic mass is 9.71. The molecule has 3 aliphatic rings. The fraction of sp³-hybridized carbons (Fsp3) is 0.923. The Morgan fingerprint density at radius 3 is 3.00 bits per heavy atom. The van der Waals surface area contributed by atoms with Crippen LogP contribution in [0.2, 0.25) is 0 Å². The summed E-state index contributed by atoms with van der Waals surface area (Å²) < 4.78 is 11.2. The fourth-order valence-corrected chi connectivity index (χ4v) is 4.23. The van der Waals surface area contributed by atoms with Crippen molar-refractivity contribution in [1.82, 2.24) is 0 Å². The number of fused-ring (bicyclic) bond motifs is 3. The molecule has 1 saturated heterocycles. The van der Waals surface area contributed by atoms with Crippen LogP contribution in [0.3, 0.4) is 0 Å². The largest absolute Gasteiger partial charge is 0.465 e. The summed E-state index contributed by atoms with van der Waals surface area (Å²) in [5.74, 6) is 2.19. The normalized spacial score (nSPS) is 43.6. The summed E-state index contributed by atoms with van der Waals surface area (Å²) >= 11 is 4.20. The maximum Gasteiger partial charge on any atom is 0.306 e. The van der Waals surface area contributed by atoms with Crippen LogP contribution in [0.25, 0.3) is 0 Å². The Morgan fingerprint density at radius 1 is 1.47 bits per heavy atom. The van der Waals surface area contributed by atoms with E-state index < -0.39 is 0 Å². The number of carbonyl (C=O) groups excluding carboxylic acids is 1.